The fraction of sp³-hybridized carbons (Fsp3) is 0.444. The van der Waals surface area contributed by atoms with E-state index in [1.165, 1.54) is 5.56 Å². The molecule has 1 fully saturated rings. The van der Waals surface area contributed by atoms with Crippen molar-refractivity contribution in [2.75, 3.05) is 18.0 Å². The first-order valence-corrected chi connectivity index (χ1v) is 8.39. The molecule has 6 heteroatoms. The number of aromatic nitrogens is 3. The van der Waals surface area contributed by atoms with E-state index in [2.05, 4.69) is 25.9 Å². The molecule has 0 saturated carbocycles. The molecule has 2 N–H and O–H groups in total. The van der Waals surface area contributed by atoms with Gasteiger partial charge in [0.05, 0.1) is 11.6 Å². The number of nitrogens with zero attached hydrogens (tertiary/aromatic N) is 4. The zero-order valence-corrected chi connectivity index (χ0v) is 13.8. The van der Waals surface area contributed by atoms with E-state index in [0.29, 0.717) is 6.54 Å². The van der Waals surface area contributed by atoms with Crippen molar-refractivity contribution in [2.24, 2.45) is 11.1 Å². The average Bonchev–Trinajstić information content (AvgIpc) is 2.63. The highest BCUT2D eigenvalue weighted by molar-refractivity contribution is 5.81. The largest absolute Gasteiger partial charge is 0.369 e. The zero-order valence-electron chi connectivity index (χ0n) is 13.8. The van der Waals surface area contributed by atoms with Gasteiger partial charge in [-0.2, -0.15) is 0 Å². The first kappa shape index (κ1) is 16.4. The van der Waals surface area contributed by atoms with E-state index in [4.69, 9.17) is 5.73 Å². The van der Waals surface area contributed by atoms with Crippen molar-refractivity contribution >= 4 is 11.7 Å². The summed E-state index contributed by atoms with van der Waals surface area (Å²) in [7, 11) is 0. The number of rotatable bonds is 6. The number of nitrogens with two attached hydrogens (primary N) is 1. The molecule has 1 amide bonds. The van der Waals surface area contributed by atoms with Crippen LogP contribution in [-0.4, -0.2) is 33.9 Å². The number of carbonyl (C=O) groups is 1. The lowest BCUT2D eigenvalue weighted by atomic mass is 9.75. The Balaban J connectivity index is 1.67. The maximum Gasteiger partial charge on any atom is 0.225 e. The van der Waals surface area contributed by atoms with Gasteiger partial charge in [-0.05, 0) is 43.7 Å². The third kappa shape index (κ3) is 3.69. The Morgan fingerprint density at radius 3 is 2.83 bits per heavy atom. The van der Waals surface area contributed by atoms with Crippen molar-refractivity contribution in [2.45, 2.75) is 32.1 Å². The summed E-state index contributed by atoms with van der Waals surface area (Å²) in [6.07, 6.45) is 13.1. The van der Waals surface area contributed by atoms with Crippen molar-refractivity contribution in [3.05, 3.63) is 48.7 Å². The molecule has 2 aromatic rings. The van der Waals surface area contributed by atoms with Gasteiger partial charge in [0.25, 0.3) is 0 Å². The fourth-order valence-electron chi connectivity index (χ4n) is 3.49. The summed E-state index contributed by atoms with van der Waals surface area (Å²) in [5.74, 6) is 0.609. The first-order valence-electron chi connectivity index (χ1n) is 8.39. The summed E-state index contributed by atoms with van der Waals surface area (Å²) in [5.41, 5.74) is 6.51. The SMILES string of the molecule is NC(=O)C1(CCCc2cccnc2)CCCN(c2cnccn2)C1. The molecule has 1 aliphatic heterocycles. The summed E-state index contributed by atoms with van der Waals surface area (Å²) in [4.78, 5) is 27.0. The van der Waals surface area contributed by atoms with Crippen LogP contribution in [0.1, 0.15) is 31.2 Å². The van der Waals surface area contributed by atoms with Crippen molar-refractivity contribution in [3.8, 4) is 0 Å². The van der Waals surface area contributed by atoms with Crippen LogP contribution in [0.2, 0.25) is 0 Å². The highest BCUT2D eigenvalue weighted by Crippen LogP contribution is 2.36. The van der Waals surface area contributed by atoms with Crippen LogP contribution in [0.5, 0.6) is 0 Å². The van der Waals surface area contributed by atoms with Crippen LogP contribution in [0.4, 0.5) is 5.82 Å². The molecule has 3 heterocycles. The van der Waals surface area contributed by atoms with Gasteiger partial charge in [-0.3, -0.25) is 14.8 Å². The number of carbonyl (C=O) groups excluding carboxylic acids is 1. The molecule has 1 saturated heterocycles. The Labute approximate surface area is 142 Å². The van der Waals surface area contributed by atoms with E-state index in [1.54, 1.807) is 24.8 Å². The fourth-order valence-corrected chi connectivity index (χ4v) is 3.49. The number of pyridine rings is 1. The zero-order chi connectivity index (χ0) is 16.8. The summed E-state index contributed by atoms with van der Waals surface area (Å²) in [5, 5.41) is 0. The first-order chi connectivity index (χ1) is 11.7. The molecule has 3 rings (SSSR count). The lowest BCUT2D eigenvalue weighted by Gasteiger charge is -2.41. The number of primary amides is 1. The molecule has 1 atom stereocenters. The van der Waals surface area contributed by atoms with Gasteiger partial charge < -0.3 is 10.6 Å². The van der Waals surface area contributed by atoms with Gasteiger partial charge >= 0.3 is 0 Å². The molecule has 0 radical (unpaired) electrons. The quantitative estimate of drug-likeness (QED) is 0.877. The van der Waals surface area contributed by atoms with E-state index in [1.807, 2.05) is 12.3 Å². The Bertz CT molecular complexity index is 664. The molecule has 0 spiro atoms. The maximum absolute atomic E-state index is 12.2. The Kier molecular flexibility index (Phi) is 5.03. The van der Waals surface area contributed by atoms with Gasteiger partial charge in [0, 0.05) is 37.9 Å². The standard InChI is InChI=1S/C18H23N5O/c19-17(24)18(6-1-4-15-5-2-8-20-12-15)7-3-11-23(14-18)16-13-21-9-10-22-16/h2,5,8-10,12-13H,1,3-4,6-7,11,14H2,(H2,19,24). The van der Waals surface area contributed by atoms with E-state index < -0.39 is 5.41 Å². The summed E-state index contributed by atoms with van der Waals surface area (Å²) in [6.45, 7) is 1.50. The van der Waals surface area contributed by atoms with Crippen LogP contribution in [0.15, 0.2) is 43.1 Å². The van der Waals surface area contributed by atoms with Gasteiger partial charge in [0.2, 0.25) is 5.91 Å². The normalized spacial score (nSPS) is 20.8. The number of amides is 1. The smallest absolute Gasteiger partial charge is 0.225 e. The highest BCUT2D eigenvalue weighted by atomic mass is 16.1. The number of hydrogen-bond acceptors (Lipinski definition) is 5. The Morgan fingerprint density at radius 1 is 1.25 bits per heavy atom. The van der Waals surface area contributed by atoms with Crippen molar-refractivity contribution in [3.63, 3.8) is 0 Å². The van der Waals surface area contributed by atoms with Crippen LogP contribution in [0.25, 0.3) is 0 Å². The monoisotopic (exact) mass is 325 g/mol. The van der Waals surface area contributed by atoms with Crippen LogP contribution in [0.3, 0.4) is 0 Å². The molecule has 6 nitrogen and oxygen atoms in total. The van der Waals surface area contributed by atoms with E-state index in [9.17, 15) is 4.79 Å². The number of anilines is 1. The topological polar surface area (TPSA) is 85.0 Å². The van der Waals surface area contributed by atoms with Gasteiger partial charge in [0.1, 0.15) is 5.82 Å². The molecule has 1 unspecified atom stereocenters. The van der Waals surface area contributed by atoms with Gasteiger partial charge in [0.15, 0.2) is 0 Å². The van der Waals surface area contributed by atoms with Crippen LogP contribution >= 0.6 is 0 Å². The van der Waals surface area contributed by atoms with Gasteiger partial charge in [-0.1, -0.05) is 6.07 Å². The molecule has 126 valence electrons. The second kappa shape index (κ2) is 7.38. The maximum atomic E-state index is 12.2. The van der Waals surface area contributed by atoms with Crippen molar-refractivity contribution in [1.82, 2.24) is 15.0 Å². The minimum Gasteiger partial charge on any atom is -0.369 e. The lowest BCUT2D eigenvalue weighted by molar-refractivity contribution is -0.128. The third-order valence-electron chi connectivity index (χ3n) is 4.82. The predicted molar refractivity (Wildman–Crippen MR) is 92.3 cm³/mol. The molecule has 0 aromatic carbocycles. The molecule has 1 aliphatic rings. The Hall–Kier alpha value is -2.50. The minimum absolute atomic E-state index is 0.206. The summed E-state index contributed by atoms with van der Waals surface area (Å²) < 4.78 is 0. The third-order valence-corrected chi connectivity index (χ3v) is 4.82. The molecular weight excluding hydrogens is 302 g/mol. The molecule has 24 heavy (non-hydrogen) atoms. The highest BCUT2D eigenvalue weighted by Gasteiger charge is 2.40. The number of piperidine rings is 1. The molecule has 2 aromatic heterocycles. The lowest BCUT2D eigenvalue weighted by Crippen LogP contribution is -2.51. The summed E-state index contributed by atoms with van der Waals surface area (Å²) in [6, 6.07) is 4.01. The Morgan fingerprint density at radius 2 is 2.12 bits per heavy atom. The van der Waals surface area contributed by atoms with Gasteiger partial charge in [-0.25, -0.2) is 4.98 Å². The van der Waals surface area contributed by atoms with Crippen molar-refractivity contribution in [1.29, 1.82) is 0 Å². The molecular formula is C18H23N5O. The van der Waals surface area contributed by atoms with Crippen molar-refractivity contribution < 1.29 is 4.79 Å². The van der Waals surface area contributed by atoms with E-state index in [0.717, 1.165) is 44.5 Å². The van der Waals surface area contributed by atoms with E-state index in [-0.39, 0.29) is 5.91 Å². The van der Waals surface area contributed by atoms with Crippen LogP contribution in [-0.2, 0) is 11.2 Å². The van der Waals surface area contributed by atoms with Crippen LogP contribution < -0.4 is 10.6 Å². The average molecular weight is 325 g/mol. The number of aryl methyl sites for hydroxylation is 1. The number of hydrogen-bond donors (Lipinski definition) is 1. The minimum atomic E-state index is -0.488. The summed E-state index contributed by atoms with van der Waals surface area (Å²) >= 11 is 0. The second-order valence-electron chi connectivity index (χ2n) is 6.45. The van der Waals surface area contributed by atoms with Gasteiger partial charge in [-0.15, -0.1) is 0 Å². The predicted octanol–water partition coefficient (Wildman–Crippen LogP) is 1.97. The van der Waals surface area contributed by atoms with E-state index >= 15 is 0 Å². The van der Waals surface area contributed by atoms with Crippen LogP contribution in [0, 0.1) is 5.41 Å². The second-order valence-corrected chi connectivity index (χ2v) is 6.45. The molecule has 0 bridgehead atoms. The molecule has 0 aliphatic carbocycles.